The van der Waals surface area contributed by atoms with Crippen molar-refractivity contribution >= 4 is 5.91 Å². The summed E-state index contributed by atoms with van der Waals surface area (Å²) in [5, 5.41) is 0. The van der Waals surface area contributed by atoms with Gasteiger partial charge in [0.25, 0.3) is 5.91 Å². The number of nitrogens with two attached hydrogens (primary N) is 1. The first-order valence-corrected chi connectivity index (χ1v) is 6.61. The number of benzene rings is 1. The highest BCUT2D eigenvalue weighted by Gasteiger charge is 2.17. The number of halogens is 1. The van der Waals surface area contributed by atoms with Crippen molar-refractivity contribution in [2.24, 2.45) is 5.73 Å². The molecule has 0 spiro atoms. The van der Waals surface area contributed by atoms with Gasteiger partial charge in [-0.05, 0) is 13.0 Å². The molecular formula is C14H19FN2O3. The molecule has 0 aromatic heterocycles. The molecule has 0 saturated carbocycles. The van der Waals surface area contributed by atoms with Gasteiger partial charge in [0.05, 0.1) is 13.2 Å². The number of ether oxygens (including phenoxy) is 2. The second-order valence-corrected chi connectivity index (χ2v) is 4.75. The average Bonchev–Trinajstić information content (AvgIpc) is 2.45. The number of morpholine rings is 1. The van der Waals surface area contributed by atoms with Crippen LogP contribution < -0.4 is 10.5 Å². The lowest BCUT2D eigenvalue weighted by atomic mass is 10.1. The van der Waals surface area contributed by atoms with Crippen LogP contribution >= 0.6 is 0 Å². The van der Waals surface area contributed by atoms with Crippen molar-refractivity contribution < 1.29 is 18.7 Å². The third-order valence-corrected chi connectivity index (χ3v) is 3.19. The van der Waals surface area contributed by atoms with E-state index >= 15 is 0 Å². The van der Waals surface area contributed by atoms with Crippen LogP contribution in [0.15, 0.2) is 18.2 Å². The van der Waals surface area contributed by atoms with E-state index < -0.39 is 5.82 Å². The van der Waals surface area contributed by atoms with Crippen molar-refractivity contribution in [1.29, 1.82) is 0 Å². The van der Waals surface area contributed by atoms with Crippen LogP contribution in [0, 0.1) is 5.82 Å². The van der Waals surface area contributed by atoms with Gasteiger partial charge in [-0.25, -0.2) is 4.39 Å². The van der Waals surface area contributed by atoms with Crippen LogP contribution in [0.2, 0.25) is 0 Å². The number of amides is 1. The normalized spacial score (nSPS) is 16.9. The van der Waals surface area contributed by atoms with Crippen LogP contribution in [-0.4, -0.2) is 43.7 Å². The number of carbonyl (C=O) groups excluding carboxylic acids is 1. The molecule has 0 aliphatic carbocycles. The second kappa shape index (κ2) is 6.67. The van der Waals surface area contributed by atoms with Crippen LogP contribution in [0.25, 0.3) is 0 Å². The fourth-order valence-corrected chi connectivity index (χ4v) is 2.02. The lowest BCUT2D eigenvalue weighted by molar-refractivity contribution is -0.137. The van der Waals surface area contributed by atoms with Gasteiger partial charge < -0.3 is 20.1 Å². The summed E-state index contributed by atoms with van der Waals surface area (Å²) in [5.41, 5.74) is 6.06. The van der Waals surface area contributed by atoms with E-state index in [4.69, 9.17) is 15.2 Å². The smallest absolute Gasteiger partial charge is 0.260 e. The molecule has 1 aliphatic rings. The molecule has 1 saturated heterocycles. The summed E-state index contributed by atoms with van der Waals surface area (Å²) in [6, 6.07) is 4.08. The summed E-state index contributed by atoms with van der Waals surface area (Å²) in [7, 11) is 0. The van der Waals surface area contributed by atoms with Gasteiger partial charge in [0.15, 0.2) is 6.61 Å². The molecule has 1 amide bonds. The van der Waals surface area contributed by atoms with Crippen LogP contribution in [-0.2, 0) is 9.53 Å². The summed E-state index contributed by atoms with van der Waals surface area (Å²) >= 11 is 0. The van der Waals surface area contributed by atoms with Gasteiger partial charge in [0, 0.05) is 30.8 Å². The third-order valence-electron chi connectivity index (χ3n) is 3.19. The van der Waals surface area contributed by atoms with Crippen molar-refractivity contribution in [3.63, 3.8) is 0 Å². The molecule has 2 rings (SSSR count). The Morgan fingerprint density at radius 2 is 2.20 bits per heavy atom. The Kier molecular flexibility index (Phi) is 4.92. The van der Waals surface area contributed by atoms with Gasteiger partial charge in [-0.2, -0.15) is 0 Å². The van der Waals surface area contributed by atoms with E-state index in [1.807, 2.05) is 0 Å². The van der Waals surface area contributed by atoms with E-state index in [0.29, 0.717) is 37.6 Å². The molecule has 110 valence electrons. The van der Waals surface area contributed by atoms with Gasteiger partial charge >= 0.3 is 0 Å². The minimum atomic E-state index is -0.420. The Morgan fingerprint density at radius 1 is 1.50 bits per heavy atom. The summed E-state index contributed by atoms with van der Waals surface area (Å²) < 4.78 is 24.2. The maximum Gasteiger partial charge on any atom is 0.260 e. The van der Waals surface area contributed by atoms with E-state index in [1.54, 1.807) is 24.0 Å². The number of carbonyl (C=O) groups is 1. The number of hydrogen-bond acceptors (Lipinski definition) is 4. The Balaban J connectivity index is 1.90. The monoisotopic (exact) mass is 282 g/mol. The Labute approximate surface area is 117 Å². The molecular weight excluding hydrogens is 263 g/mol. The topological polar surface area (TPSA) is 64.8 Å². The zero-order valence-corrected chi connectivity index (χ0v) is 11.5. The molecule has 1 aromatic carbocycles. The Bertz CT molecular complexity index is 473. The quantitative estimate of drug-likeness (QED) is 0.897. The first-order valence-electron chi connectivity index (χ1n) is 6.61. The summed E-state index contributed by atoms with van der Waals surface area (Å²) in [4.78, 5) is 13.5. The zero-order valence-electron chi connectivity index (χ0n) is 11.5. The highest BCUT2D eigenvalue weighted by atomic mass is 19.1. The third kappa shape index (κ3) is 3.68. The minimum Gasteiger partial charge on any atom is -0.484 e. The Morgan fingerprint density at radius 3 is 2.80 bits per heavy atom. The largest absolute Gasteiger partial charge is 0.484 e. The molecule has 1 atom stereocenters. The number of hydrogen-bond donors (Lipinski definition) is 1. The highest BCUT2D eigenvalue weighted by molar-refractivity contribution is 5.77. The first-order chi connectivity index (χ1) is 9.58. The van der Waals surface area contributed by atoms with Gasteiger partial charge in [-0.15, -0.1) is 0 Å². The van der Waals surface area contributed by atoms with E-state index in [1.165, 1.54) is 6.07 Å². The van der Waals surface area contributed by atoms with Gasteiger partial charge in [-0.1, -0.05) is 6.07 Å². The molecule has 1 heterocycles. The second-order valence-electron chi connectivity index (χ2n) is 4.75. The molecule has 1 aromatic rings. The Hall–Kier alpha value is -1.66. The van der Waals surface area contributed by atoms with Crippen molar-refractivity contribution in [1.82, 2.24) is 4.90 Å². The molecule has 0 bridgehead atoms. The van der Waals surface area contributed by atoms with Gasteiger partial charge in [0.2, 0.25) is 0 Å². The zero-order chi connectivity index (χ0) is 14.5. The highest BCUT2D eigenvalue weighted by Crippen LogP contribution is 2.20. The molecule has 20 heavy (non-hydrogen) atoms. The molecule has 1 fully saturated rings. The van der Waals surface area contributed by atoms with E-state index in [-0.39, 0.29) is 18.6 Å². The molecule has 1 unspecified atom stereocenters. The number of nitrogens with zero attached hydrogens (tertiary/aromatic N) is 1. The molecule has 6 heteroatoms. The van der Waals surface area contributed by atoms with Crippen LogP contribution in [0.1, 0.15) is 18.5 Å². The van der Waals surface area contributed by atoms with Crippen molar-refractivity contribution in [2.45, 2.75) is 13.0 Å². The van der Waals surface area contributed by atoms with Crippen molar-refractivity contribution in [2.75, 3.05) is 32.9 Å². The number of rotatable bonds is 4. The average molecular weight is 282 g/mol. The van der Waals surface area contributed by atoms with Crippen molar-refractivity contribution in [3.05, 3.63) is 29.6 Å². The minimum absolute atomic E-state index is 0.100. The van der Waals surface area contributed by atoms with Crippen LogP contribution in [0.4, 0.5) is 4.39 Å². The standard InChI is InChI=1S/C14H19FN2O3/c1-10(16)12-3-2-11(8-13(12)15)20-9-14(18)17-4-6-19-7-5-17/h2-3,8,10H,4-7,9,16H2,1H3. The fraction of sp³-hybridized carbons (Fsp3) is 0.500. The predicted molar refractivity (Wildman–Crippen MR) is 71.9 cm³/mol. The van der Waals surface area contributed by atoms with Crippen LogP contribution in [0.3, 0.4) is 0 Å². The summed E-state index contributed by atoms with van der Waals surface area (Å²) in [6.07, 6.45) is 0. The SMILES string of the molecule is CC(N)c1ccc(OCC(=O)N2CCOCC2)cc1F. The first kappa shape index (κ1) is 14.7. The van der Waals surface area contributed by atoms with Gasteiger partial charge in [0.1, 0.15) is 11.6 Å². The van der Waals surface area contributed by atoms with E-state index in [9.17, 15) is 9.18 Å². The van der Waals surface area contributed by atoms with E-state index in [2.05, 4.69) is 0 Å². The fourth-order valence-electron chi connectivity index (χ4n) is 2.02. The van der Waals surface area contributed by atoms with Crippen molar-refractivity contribution in [3.8, 4) is 5.75 Å². The van der Waals surface area contributed by atoms with E-state index in [0.717, 1.165) is 0 Å². The maximum atomic E-state index is 13.7. The van der Waals surface area contributed by atoms with Gasteiger partial charge in [-0.3, -0.25) is 4.79 Å². The lowest BCUT2D eigenvalue weighted by Gasteiger charge is -2.26. The molecule has 2 N–H and O–H groups in total. The summed E-state index contributed by atoms with van der Waals surface area (Å²) in [5.74, 6) is -0.213. The lowest BCUT2D eigenvalue weighted by Crippen LogP contribution is -2.42. The summed E-state index contributed by atoms with van der Waals surface area (Å²) in [6.45, 7) is 3.84. The van der Waals surface area contributed by atoms with Crippen LogP contribution in [0.5, 0.6) is 5.75 Å². The molecule has 0 radical (unpaired) electrons. The predicted octanol–water partition coefficient (Wildman–Crippen LogP) is 1.08. The maximum absolute atomic E-state index is 13.7. The molecule has 1 aliphatic heterocycles. The molecule has 5 nitrogen and oxygen atoms in total.